The molecular formula is C27H36FN3O2. The van der Waals surface area contributed by atoms with E-state index in [9.17, 15) is 4.39 Å². The van der Waals surface area contributed by atoms with E-state index in [0.29, 0.717) is 11.5 Å². The summed E-state index contributed by atoms with van der Waals surface area (Å²) < 4.78 is 21.2. The van der Waals surface area contributed by atoms with Crippen LogP contribution < -0.4 is 5.90 Å². The van der Waals surface area contributed by atoms with Gasteiger partial charge in [-0.3, -0.25) is 9.98 Å². The average molecular weight is 454 g/mol. The lowest BCUT2D eigenvalue weighted by Gasteiger charge is -2.30. The van der Waals surface area contributed by atoms with E-state index in [0.717, 1.165) is 73.3 Å². The second-order valence-corrected chi connectivity index (χ2v) is 8.61. The Hall–Kier alpha value is -2.73. The summed E-state index contributed by atoms with van der Waals surface area (Å²) in [4.78, 5) is 14.1. The smallest absolute Gasteiger partial charge is 0.212 e. The summed E-state index contributed by atoms with van der Waals surface area (Å²) >= 11 is 0. The van der Waals surface area contributed by atoms with Gasteiger partial charge in [0.2, 0.25) is 5.90 Å². The number of rotatable bonds is 7. The molecule has 178 valence electrons. The van der Waals surface area contributed by atoms with Gasteiger partial charge in [0.05, 0.1) is 11.8 Å². The monoisotopic (exact) mass is 453 g/mol. The Balaban J connectivity index is 1.77. The van der Waals surface area contributed by atoms with Gasteiger partial charge in [0.15, 0.2) is 0 Å². The van der Waals surface area contributed by atoms with Crippen LogP contribution in [0.2, 0.25) is 0 Å². The predicted octanol–water partition coefficient (Wildman–Crippen LogP) is 6.10. The van der Waals surface area contributed by atoms with E-state index < -0.39 is 0 Å². The Kier molecular flexibility index (Phi) is 9.01. The van der Waals surface area contributed by atoms with Crippen molar-refractivity contribution in [3.05, 3.63) is 64.7 Å². The molecule has 0 spiro atoms. The number of nitrogens with zero attached hydrogens (tertiary/aromatic N) is 2. The highest BCUT2D eigenvalue weighted by Gasteiger charge is 2.28. The van der Waals surface area contributed by atoms with Gasteiger partial charge in [-0.25, -0.2) is 4.39 Å². The van der Waals surface area contributed by atoms with Crippen LogP contribution in [0.1, 0.15) is 63.5 Å². The van der Waals surface area contributed by atoms with Gasteiger partial charge in [0, 0.05) is 42.6 Å². The number of aliphatic imine (C=N–C) groups is 2. The SMILES string of the molecule is CCCN=C(ON)C1CCC(O/C(CC)=C2\C=CC=C(c3ccc(C)cc3F)C2=NC)CC1. The van der Waals surface area contributed by atoms with Gasteiger partial charge in [0.25, 0.3) is 0 Å². The van der Waals surface area contributed by atoms with Crippen molar-refractivity contribution >= 4 is 17.2 Å². The second kappa shape index (κ2) is 11.9. The first-order chi connectivity index (χ1) is 16.0. The molecule has 1 saturated carbocycles. The van der Waals surface area contributed by atoms with Gasteiger partial charge >= 0.3 is 0 Å². The van der Waals surface area contributed by atoms with E-state index in [1.54, 1.807) is 13.1 Å². The van der Waals surface area contributed by atoms with Crippen LogP contribution in [0.4, 0.5) is 4.39 Å². The van der Waals surface area contributed by atoms with Crippen LogP contribution in [0.15, 0.2) is 57.7 Å². The minimum atomic E-state index is -0.239. The van der Waals surface area contributed by atoms with E-state index in [2.05, 4.69) is 23.8 Å². The molecule has 0 aliphatic heterocycles. The zero-order valence-corrected chi connectivity index (χ0v) is 20.2. The van der Waals surface area contributed by atoms with Crippen molar-refractivity contribution < 1.29 is 14.0 Å². The fourth-order valence-corrected chi connectivity index (χ4v) is 4.52. The number of hydrogen-bond donors (Lipinski definition) is 1. The number of hydrogen-bond acceptors (Lipinski definition) is 5. The largest absolute Gasteiger partial charge is 0.494 e. The number of nitrogens with two attached hydrogens (primary N) is 1. The van der Waals surface area contributed by atoms with Crippen molar-refractivity contribution in [3.8, 4) is 0 Å². The number of halogens is 1. The third-order valence-electron chi connectivity index (χ3n) is 6.24. The highest BCUT2D eigenvalue weighted by Crippen LogP contribution is 2.33. The van der Waals surface area contributed by atoms with Crippen LogP contribution in [-0.4, -0.2) is 31.3 Å². The molecule has 1 fully saturated rings. The molecular weight excluding hydrogens is 417 g/mol. The van der Waals surface area contributed by atoms with E-state index in [-0.39, 0.29) is 17.8 Å². The van der Waals surface area contributed by atoms with Gasteiger partial charge in [-0.1, -0.05) is 38.1 Å². The second-order valence-electron chi connectivity index (χ2n) is 8.61. The Morgan fingerprint density at radius 2 is 1.94 bits per heavy atom. The van der Waals surface area contributed by atoms with Gasteiger partial charge < -0.3 is 9.57 Å². The molecule has 5 nitrogen and oxygen atoms in total. The Labute approximate surface area is 196 Å². The lowest BCUT2D eigenvalue weighted by Crippen LogP contribution is -2.29. The van der Waals surface area contributed by atoms with Gasteiger partial charge in [-0.2, -0.15) is 5.90 Å². The summed E-state index contributed by atoms with van der Waals surface area (Å²) in [6, 6.07) is 5.31. The zero-order valence-electron chi connectivity index (χ0n) is 20.2. The summed E-state index contributed by atoms with van der Waals surface area (Å²) in [5.41, 5.74) is 3.92. The quantitative estimate of drug-likeness (QED) is 0.235. The third-order valence-corrected chi connectivity index (χ3v) is 6.24. The first-order valence-corrected chi connectivity index (χ1v) is 12.0. The topological polar surface area (TPSA) is 69.2 Å². The first-order valence-electron chi connectivity index (χ1n) is 12.0. The number of aryl methyl sites for hydroxylation is 1. The fraction of sp³-hybridized carbons (Fsp3) is 0.481. The van der Waals surface area contributed by atoms with Crippen LogP contribution in [0, 0.1) is 18.7 Å². The Morgan fingerprint density at radius 3 is 2.55 bits per heavy atom. The van der Waals surface area contributed by atoms with E-state index in [1.807, 2.05) is 37.3 Å². The Morgan fingerprint density at radius 1 is 1.18 bits per heavy atom. The molecule has 33 heavy (non-hydrogen) atoms. The Bertz CT molecular complexity index is 983. The maximum Gasteiger partial charge on any atom is 0.212 e. The lowest BCUT2D eigenvalue weighted by molar-refractivity contribution is 0.0678. The van der Waals surface area contributed by atoms with Crippen LogP contribution in [0.25, 0.3) is 5.57 Å². The molecule has 6 heteroatoms. The maximum atomic E-state index is 14.7. The molecule has 2 N–H and O–H groups in total. The third kappa shape index (κ3) is 5.99. The molecule has 3 rings (SSSR count). The number of benzene rings is 1. The molecule has 0 amide bonds. The normalized spacial score (nSPS) is 24.0. The highest BCUT2D eigenvalue weighted by atomic mass is 19.1. The molecule has 1 aromatic carbocycles. The van der Waals surface area contributed by atoms with Crippen molar-refractivity contribution in [2.45, 2.75) is 65.4 Å². The van der Waals surface area contributed by atoms with Gasteiger partial charge in [-0.05, 0) is 56.7 Å². The molecule has 0 heterocycles. The predicted molar refractivity (Wildman–Crippen MR) is 134 cm³/mol. The molecule has 2 aliphatic carbocycles. The first kappa shape index (κ1) is 24.9. The van der Waals surface area contributed by atoms with Crippen LogP contribution in [0.3, 0.4) is 0 Å². The van der Waals surface area contributed by atoms with Crippen molar-refractivity contribution in [3.63, 3.8) is 0 Å². The molecule has 0 aromatic heterocycles. The molecule has 0 atom stereocenters. The van der Waals surface area contributed by atoms with Crippen LogP contribution in [-0.2, 0) is 9.57 Å². The van der Waals surface area contributed by atoms with Crippen molar-refractivity contribution in [2.75, 3.05) is 13.6 Å². The van der Waals surface area contributed by atoms with Crippen molar-refractivity contribution in [1.82, 2.24) is 0 Å². The van der Waals surface area contributed by atoms with Gasteiger partial charge in [0.1, 0.15) is 11.6 Å². The molecule has 2 aliphatic rings. The van der Waals surface area contributed by atoms with E-state index in [1.165, 1.54) is 0 Å². The lowest BCUT2D eigenvalue weighted by atomic mass is 9.86. The minimum absolute atomic E-state index is 0.117. The van der Waals surface area contributed by atoms with Crippen LogP contribution >= 0.6 is 0 Å². The molecule has 1 aromatic rings. The van der Waals surface area contributed by atoms with Crippen molar-refractivity contribution in [2.24, 2.45) is 21.8 Å². The van der Waals surface area contributed by atoms with Crippen molar-refractivity contribution in [1.29, 1.82) is 0 Å². The standard InChI is InChI=1S/C27H36FN3O2/c1-5-16-31-27(33-29)19-11-13-20(14-12-19)32-25(6-2)23-9-7-8-22(26(23)30-4)21-15-10-18(3)17-24(21)28/h7-10,15,17,19-20H,5-6,11-14,16,29H2,1-4H3/b25-23+,30-26?,31-27?. The molecule has 0 radical (unpaired) electrons. The molecule has 0 bridgehead atoms. The zero-order chi connectivity index (χ0) is 23.8. The summed E-state index contributed by atoms with van der Waals surface area (Å²) in [5, 5.41) is 0. The highest BCUT2D eigenvalue weighted by molar-refractivity contribution is 6.34. The van der Waals surface area contributed by atoms with Gasteiger partial charge in [-0.15, -0.1) is 0 Å². The average Bonchev–Trinajstić information content (AvgIpc) is 2.83. The summed E-state index contributed by atoms with van der Waals surface area (Å²) in [6.07, 6.45) is 11.4. The number of allylic oxidation sites excluding steroid dienone is 6. The molecule has 0 saturated heterocycles. The van der Waals surface area contributed by atoms with E-state index in [4.69, 9.17) is 15.5 Å². The molecule has 0 unspecified atom stereocenters. The maximum absolute atomic E-state index is 14.7. The summed E-state index contributed by atoms with van der Waals surface area (Å²) in [7, 11) is 1.75. The summed E-state index contributed by atoms with van der Waals surface area (Å²) in [6.45, 7) is 6.79. The van der Waals surface area contributed by atoms with Crippen LogP contribution in [0.5, 0.6) is 0 Å². The fourth-order valence-electron chi connectivity index (χ4n) is 4.52. The number of ether oxygens (including phenoxy) is 1. The summed E-state index contributed by atoms with van der Waals surface area (Å²) in [5.74, 6) is 7.03. The van der Waals surface area contributed by atoms with E-state index >= 15 is 0 Å². The minimum Gasteiger partial charge on any atom is -0.494 e.